The van der Waals surface area contributed by atoms with Crippen molar-refractivity contribution in [1.29, 1.82) is 5.41 Å². The standard InChI is InChI=1S/C24H19Cl2FN6O/c25-19-10-5-15(11-20(19)26)23(34)14-32-22-4-2-1-3-21(22)31(24(32)28)12-17-13-33(30-29-17)18-8-6-16(27)7-9-18/h1-11,13,23,28,34H,12,14H2. The summed E-state index contributed by atoms with van der Waals surface area (Å²) in [6, 6.07) is 18.6. The lowest BCUT2D eigenvalue weighted by Gasteiger charge is -2.13. The van der Waals surface area contributed by atoms with E-state index in [0.717, 1.165) is 11.0 Å². The van der Waals surface area contributed by atoms with Gasteiger partial charge in [-0.15, -0.1) is 5.10 Å². The molecule has 0 bridgehead atoms. The van der Waals surface area contributed by atoms with Gasteiger partial charge in [-0.2, -0.15) is 0 Å². The third-order valence-electron chi connectivity index (χ3n) is 5.61. The van der Waals surface area contributed by atoms with Crippen molar-refractivity contribution in [2.75, 3.05) is 0 Å². The topological polar surface area (TPSA) is 84.7 Å². The van der Waals surface area contributed by atoms with Crippen molar-refractivity contribution in [3.05, 3.63) is 106 Å². The molecule has 7 nitrogen and oxygen atoms in total. The van der Waals surface area contributed by atoms with E-state index in [4.69, 9.17) is 28.6 Å². The molecule has 5 rings (SSSR count). The van der Waals surface area contributed by atoms with Gasteiger partial charge in [0.15, 0.2) is 0 Å². The zero-order valence-electron chi connectivity index (χ0n) is 17.7. The molecule has 0 spiro atoms. The minimum atomic E-state index is -0.887. The number of rotatable bonds is 6. The molecule has 0 saturated heterocycles. The maximum Gasteiger partial charge on any atom is 0.203 e. The number of fused-ring (bicyclic) bond motifs is 1. The first kappa shape index (κ1) is 22.3. The van der Waals surface area contributed by atoms with Crippen LogP contribution in [0.1, 0.15) is 17.4 Å². The third-order valence-corrected chi connectivity index (χ3v) is 6.35. The summed E-state index contributed by atoms with van der Waals surface area (Å²) in [7, 11) is 0. The van der Waals surface area contributed by atoms with E-state index in [-0.39, 0.29) is 18.0 Å². The Bertz CT molecular complexity index is 1540. The average molecular weight is 497 g/mol. The number of halogens is 3. The smallest absolute Gasteiger partial charge is 0.203 e. The monoisotopic (exact) mass is 496 g/mol. The third kappa shape index (κ3) is 4.23. The summed E-state index contributed by atoms with van der Waals surface area (Å²) in [5, 5.41) is 28.8. The summed E-state index contributed by atoms with van der Waals surface area (Å²) in [6.45, 7) is 0.461. The Morgan fingerprint density at radius 3 is 2.35 bits per heavy atom. The van der Waals surface area contributed by atoms with E-state index in [1.807, 2.05) is 24.3 Å². The molecule has 34 heavy (non-hydrogen) atoms. The highest BCUT2D eigenvalue weighted by Gasteiger charge is 2.17. The SMILES string of the molecule is N=c1n(Cc2cn(-c3ccc(F)cc3)nn2)c2ccccc2n1CC(O)c1ccc(Cl)c(Cl)c1. The Morgan fingerprint density at radius 2 is 1.65 bits per heavy atom. The minimum absolute atomic E-state index is 0.159. The number of aliphatic hydroxyl groups is 1. The van der Waals surface area contributed by atoms with E-state index in [0.29, 0.717) is 33.5 Å². The molecule has 1 atom stereocenters. The van der Waals surface area contributed by atoms with E-state index in [1.54, 1.807) is 50.3 Å². The summed E-state index contributed by atoms with van der Waals surface area (Å²) in [5.41, 5.74) is 3.76. The molecule has 0 aliphatic rings. The van der Waals surface area contributed by atoms with Gasteiger partial charge in [-0.25, -0.2) is 9.07 Å². The lowest BCUT2D eigenvalue weighted by Crippen LogP contribution is -2.27. The number of hydrogen-bond acceptors (Lipinski definition) is 4. The van der Waals surface area contributed by atoms with Crippen LogP contribution in [0, 0.1) is 11.2 Å². The van der Waals surface area contributed by atoms with Crippen LogP contribution in [0.5, 0.6) is 0 Å². The summed E-state index contributed by atoms with van der Waals surface area (Å²) in [4.78, 5) is 0. The van der Waals surface area contributed by atoms with Gasteiger partial charge in [0, 0.05) is 0 Å². The van der Waals surface area contributed by atoms with E-state index >= 15 is 0 Å². The molecule has 10 heteroatoms. The summed E-state index contributed by atoms with van der Waals surface area (Å²) in [6.07, 6.45) is 0.860. The van der Waals surface area contributed by atoms with Gasteiger partial charge in [-0.1, -0.05) is 46.6 Å². The molecule has 0 fully saturated rings. The van der Waals surface area contributed by atoms with Gasteiger partial charge in [0.1, 0.15) is 11.5 Å². The Labute approximate surface area is 203 Å². The predicted octanol–water partition coefficient (Wildman–Crippen LogP) is 4.73. The molecule has 0 aliphatic carbocycles. The molecular formula is C24H19Cl2FN6O. The van der Waals surface area contributed by atoms with Crippen LogP contribution < -0.4 is 5.62 Å². The highest BCUT2D eigenvalue weighted by Crippen LogP contribution is 2.27. The minimum Gasteiger partial charge on any atom is -0.387 e. The van der Waals surface area contributed by atoms with E-state index in [9.17, 15) is 9.50 Å². The van der Waals surface area contributed by atoms with Crippen LogP contribution in [-0.2, 0) is 13.1 Å². The lowest BCUT2D eigenvalue weighted by molar-refractivity contribution is 0.155. The molecule has 2 aromatic heterocycles. The van der Waals surface area contributed by atoms with Crippen LogP contribution in [0.15, 0.2) is 72.9 Å². The molecule has 2 heterocycles. The molecule has 2 N–H and O–H groups in total. The summed E-state index contributed by atoms with van der Waals surface area (Å²) < 4.78 is 18.3. The Morgan fingerprint density at radius 1 is 0.941 bits per heavy atom. The lowest BCUT2D eigenvalue weighted by atomic mass is 10.1. The van der Waals surface area contributed by atoms with Crippen LogP contribution in [0.25, 0.3) is 16.7 Å². The van der Waals surface area contributed by atoms with Crippen molar-refractivity contribution in [3.8, 4) is 5.69 Å². The van der Waals surface area contributed by atoms with Crippen LogP contribution in [0.2, 0.25) is 10.0 Å². The number of nitrogens with one attached hydrogen (secondary N) is 1. The maximum absolute atomic E-state index is 13.2. The normalized spacial score (nSPS) is 12.4. The van der Waals surface area contributed by atoms with Crippen LogP contribution in [-0.4, -0.2) is 29.2 Å². The Kier molecular flexibility index (Phi) is 5.95. The van der Waals surface area contributed by atoms with Gasteiger partial charge in [-0.05, 0) is 54.1 Å². The van der Waals surface area contributed by atoms with Crippen molar-refractivity contribution in [1.82, 2.24) is 24.1 Å². The van der Waals surface area contributed by atoms with E-state index in [2.05, 4.69) is 10.3 Å². The fraction of sp³-hybridized carbons (Fsp3) is 0.125. The fourth-order valence-corrected chi connectivity index (χ4v) is 4.20. The Hall–Kier alpha value is -3.46. The number of imidazole rings is 1. The van der Waals surface area contributed by atoms with E-state index in [1.165, 1.54) is 12.1 Å². The Balaban J connectivity index is 1.47. The highest BCUT2D eigenvalue weighted by atomic mass is 35.5. The van der Waals surface area contributed by atoms with Crippen molar-refractivity contribution in [3.63, 3.8) is 0 Å². The van der Waals surface area contributed by atoms with Crippen LogP contribution in [0.3, 0.4) is 0 Å². The quantitative estimate of drug-likeness (QED) is 0.356. The fourth-order valence-electron chi connectivity index (χ4n) is 3.89. The second kappa shape index (κ2) is 9.06. The predicted molar refractivity (Wildman–Crippen MR) is 128 cm³/mol. The van der Waals surface area contributed by atoms with Crippen LogP contribution in [0.4, 0.5) is 4.39 Å². The first-order valence-corrected chi connectivity index (χ1v) is 11.2. The molecule has 0 saturated carbocycles. The second-order valence-electron chi connectivity index (χ2n) is 7.83. The van der Waals surface area contributed by atoms with Crippen molar-refractivity contribution >= 4 is 34.2 Å². The molecule has 3 aromatic carbocycles. The molecule has 0 radical (unpaired) electrons. The number of benzene rings is 3. The second-order valence-corrected chi connectivity index (χ2v) is 8.64. The van der Waals surface area contributed by atoms with Crippen molar-refractivity contribution in [2.24, 2.45) is 0 Å². The zero-order chi connectivity index (χ0) is 23.8. The number of aromatic nitrogens is 5. The zero-order valence-corrected chi connectivity index (χ0v) is 19.2. The maximum atomic E-state index is 13.2. The summed E-state index contributed by atoms with van der Waals surface area (Å²) >= 11 is 12.1. The first-order valence-electron chi connectivity index (χ1n) is 10.4. The van der Waals surface area contributed by atoms with Gasteiger partial charge in [0.25, 0.3) is 0 Å². The number of hydrogen-bond donors (Lipinski definition) is 2. The number of nitrogens with zero attached hydrogens (tertiary/aromatic N) is 5. The first-order chi connectivity index (χ1) is 16.4. The van der Waals surface area contributed by atoms with Gasteiger partial charge in [0.05, 0.1) is 52.2 Å². The van der Waals surface area contributed by atoms with Gasteiger partial charge >= 0.3 is 0 Å². The van der Waals surface area contributed by atoms with Gasteiger partial charge in [-0.3, -0.25) is 5.41 Å². The number of para-hydroxylation sites is 2. The van der Waals surface area contributed by atoms with E-state index < -0.39 is 6.10 Å². The molecule has 0 amide bonds. The molecular weight excluding hydrogens is 478 g/mol. The van der Waals surface area contributed by atoms with Crippen molar-refractivity contribution in [2.45, 2.75) is 19.2 Å². The molecule has 1 unspecified atom stereocenters. The molecule has 5 aromatic rings. The summed E-state index contributed by atoms with van der Waals surface area (Å²) in [5.74, 6) is -0.325. The average Bonchev–Trinajstić information content (AvgIpc) is 3.40. The van der Waals surface area contributed by atoms with Crippen molar-refractivity contribution < 1.29 is 9.50 Å². The van der Waals surface area contributed by atoms with Crippen LogP contribution >= 0.6 is 23.2 Å². The largest absolute Gasteiger partial charge is 0.387 e. The number of aliphatic hydroxyl groups excluding tert-OH is 1. The van der Waals surface area contributed by atoms with Gasteiger partial charge in [0.2, 0.25) is 5.62 Å². The molecule has 172 valence electrons. The van der Waals surface area contributed by atoms with Gasteiger partial charge < -0.3 is 14.2 Å². The highest BCUT2D eigenvalue weighted by molar-refractivity contribution is 6.42. The molecule has 0 aliphatic heterocycles.